The maximum absolute atomic E-state index is 12.1. The van der Waals surface area contributed by atoms with Gasteiger partial charge in [-0.15, -0.1) is 0 Å². The largest absolute Gasteiger partial charge is 0.437 e. The number of nitrogens with zero attached hydrogens (tertiary/aromatic N) is 2. The van der Waals surface area contributed by atoms with Gasteiger partial charge in [-0.1, -0.05) is 0 Å². The summed E-state index contributed by atoms with van der Waals surface area (Å²) in [6, 6.07) is 0. The molecule has 1 aromatic heterocycles. The number of alkyl halides is 3. The van der Waals surface area contributed by atoms with Gasteiger partial charge in [0.2, 0.25) is 0 Å². The van der Waals surface area contributed by atoms with Crippen LogP contribution in [0.2, 0.25) is 0 Å². The lowest BCUT2D eigenvalue weighted by molar-refractivity contribution is -0.140. The lowest BCUT2D eigenvalue weighted by Crippen LogP contribution is -2.09. The molecule has 0 unspecified atom stereocenters. The number of nitrogen functional groups attached to an aromatic ring is 1. The van der Waals surface area contributed by atoms with E-state index in [-0.39, 0.29) is 5.69 Å². The van der Waals surface area contributed by atoms with Crippen molar-refractivity contribution in [1.29, 1.82) is 0 Å². The molecule has 68 valence electrons. The van der Waals surface area contributed by atoms with Gasteiger partial charge in [0.25, 0.3) is 0 Å². The first-order chi connectivity index (χ1) is 5.34. The van der Waals surface area contributed by atoms with Crippen molar-refractivity contribution in [1.82, 2.24) is 9.78 Å². The van der Waals surface area contributed by atoms with Crippen LogP contribution in [0.15, 0.2) is 0 Å². The minimum atomic E-state index is -4.47. The van der Waals surface area contributed by atoms with E-state index in [1.807, 2.05) is 0 Å². The van der Waals surface area contributed by atoms with Crippen LogP contribution >= 0.6 is 22.6 Å². The number of nitrogens with two attached hydrogens (primary N) is 1. The van der Waals surface area contributed by atoms with E-state index in [0.29, 0.717) is 3.70 Å². The Morgan fingerprint density at radius 2 is 2.00 bits per heavy atom. The van der Waals surface area contributed by atoms with Crippen molar-refractivity contribution in [3.8, 4) is 0 Å². The van der Waals surface area contributed by atoms with Crippen molar-refractivity contribution in [2.24, 2.45) is 7.05 Å². The second-order valence-electron chi connectivity index (χ2n) is 2.17. The third-order valence-electron chi connectivity index (χ3n) is 1.28. The summed E-state index contributed by atoms with van der Waals surface area (Å²) in [5.41, 5.74) is 3.85. The summed E-state index contributed by atoms with van der Waals surface area (Å²) in [6.07, 6.45) is -4.47. The van der Waals surface area contributed by atoms with Gasteiger partial charge in [0, 0.05) is 7.05 Å². The number of halogens is 4. The number of aryl methyl sites for hydroxylation is 1. The topological polar surface area (TPSA) is 43.8 Å². The molecule has 0 spiro atoms. The molecule has 0 aliphatic rings. The molecule has 0 atom stereocenters. The summed E-state index contributed by atoms with van der Waals surface area (Å²) in [7, 11) is 1.41. The van der Waals surface area contributed by atoms with Crippen LogP contribution in [-0.4, -0.2) is 9.78 Å². The Morgan fingerprint density at radius 1 is 1.50 bits per heavy atom. The molecule has 0 radical (unpaired) electrons. The van der Waals surface area contributed by atoms with Crippen LogP contribution in [-0.2, 0) is 13.2 Å². The summed E-state index contributed by atoms with van der Waals surface area (Å²) in [5, 5.41) is 3.24. The standard InChI is InChI=1S/C5H5F3IN3/c1-12-4(9)2(10)3(11-12)5(6,7)8/h10H2,1H3. The monoisotopic (exact) mass is 291 g/mol. The average molecular weight is 291 g/mol. The van der Waals surface area contributed by atoms with Gasteiger partial charge < -0.3 is 5.73 Å². The molecule has 0 amide bonds. The van der Waals surface area contributed by atoms with Crippen molar-refractivity contribution in [2.45, 2.75) is 6.18 Å². The Labute approximate surface area is 79.9 Å². The number of anilines is 1. The molecule has 12 heavy (non-hydrogen) atoms. The van der Waals surface area contributed by atoms with Crippen molar-refractivity contribution < 1.29 is 13.2 Å². The van der Waals surface area contributed by atoms with Crippen LogP contribution in [0.5, 0.6) is 0 Å². The van der Waals surface area contributed by atoms with E-state index >= 15 is 0 Å². The molecular formula is C5H5F3IN3. The molecule has 0 bridgehead atoms. The zero-order chi connectivity index (χ0) is 9.52. The number of rotatable bonds is 0. The normalized spacial score (nSPS) is 12.1. The van der Waals surface area contributed by atoms with Gasteiger partial charge in [0.15, 0.2) is 5.69 Å². The van der Waals surface area contributed by atoms with E-state index in [1.165, 1.54) is 7.05 Å². The van der Waals surface area contributed by atoms with Gasteiger partial charge in [0.1, 0.15) is 3.70 Å². The Hall–Kier alpha value is -0.470. The van der Waals surface area contributed by atoms with Gasteiger partial charge in [-0.25, -0.2) is 0 Å². The molecule has 3 nitrogen and oxygen atoms in total. The van der Waals surface area contributed by atoms with Crippen LogP contribution < -0.4 is 5.73 Å². The maximum Gasteiger partial charge on any atom is 0.437 e. The van der Waals surface area contributed by atoms with Gasteiger partial charge in [-0.05, 0) is 22.6 Å². The fourth-order valence-corrected chi connectivity index (χ4v) is 1.09. The predicted molar refractivity (Wildman–Crippen MR) is 45.3 cm³/mol. The highest BCUT2D eigenvalue weighted by Gasteiger charge is 2.37. The quantitative estimate of drug-likeness (QED) is 0.738. The number of aromatic nitrogens is 2. The van der Waals surface area contributed by atoms with Crippen molar-refractivity contribution >= 4 is 28.3 Å². The van der Waals surface area contributed by atoms with Gasteiger partial charge in [-0.3, -0.25) is 4.68 Å². The average Bonchev–Trinajstić information content (AvgIpc) is 2.15. The van der Waals surface area contributed by atoms with Crippen LogP contribution in [0.25, 0.3) is 0 Å². The Balaban J connectivity index is 3.28. The Bertz CT molecular complexity index is 304. The van der Waals surface area contributed by atoms with E-state index in [4.69, 9.17) is 5.73 Å². The second-order valence-corrected chi connectivity index (χ2v) is 3.20. The zero-order valence-corrected chi connectivity index (χ0v) is 8.14. The SMILES string of the molecule is Cn1nc(C(F)(F)F)c(N)c1I. The third-order valence-corrected chi connectivity index (χ3v) is 2.56. The molecule has 0 fully saturated rings. The van der Waals surface area contributed by atoms with E-state index in [2.05, 4.69) is 5.10 Å². The van der Waals surface area contributed by atoms with E-state index in [0.717, 1.165) is 4.68 Å². The lowest BCUT2D eigenvalue weighted by Gasteiger charge is -2.01. The van der Waals surface area contributed by atoms with E-state index in [9.17, 15) is 13.2 Å². The molecule has 0 aromatic carbocycles. The maximum atomic E-state index is 12.1. The van der Waals surface area contributed by atoms with E-state index in [1.54, 1.807) is 22.6 Å². The summed E-state index contributed by atoms with van der Waals surface area (Å²) in [5.74, 6) is 0. The first kappa shape index (κ1) is 9.62. The highest BCUT2D eigenvalue weighted by atomic mass is 127. The minimum Gasteiger partial charge on any atom is -0.395 e. The molecular weight excluding hydrogens is 286 g/mol. The second kappa shape index (κ2) is 2.79. The predicted octanol–water partition coefficient (Wildman–Crippen LogP) is 1.63. The van der Waals surface area contributed by atoms with Crippen LogP contribution in [0.1, 0.15) is 5.69 Å². The van der Waals surface area contributed by atoms with Crippen molar-refractivity contribution in [3.05, 3.63) is 9.39 Å². The van der Waals surface area contributed by atoms with Crippen LogP contribution in [0.3, 0.4) is 0 Å². The molecule has 1 rings (SSSR count). The van der Waals surface area contributed by atoms with Crippen LogP contribution in [0.4, 0.5) is 18.9 Å². The fraction of sp³-hybridized carbons (Fsp3) is 0.400. The van der Waals surface area contributed by atoms with Gasteiger partial charge >= 0.3 is 6.18 Å². The number of hydrogen-bond acceptors (Lipinski definition) is 2. The first-order valence-corrected chi connectivity index (χ1v) is 3.97. The molecule has 1 aromatic rings. The molecule has 7 heteroatoms. The molecule has 0 aliphatic heterocycles. The molecule has 0 saturated heterocycles. The fourth-order valence-electron chi connectivity index (χ4n) is 0.729. The Morgan fingerprint density at radius 3 is 2.17 bits per heavy atom. The highest BCUT2D eigenvalue weighted by Crippen LogP contribution is 2.34. The van der Waals surface area contributed by atoms with Crippen molar-refractivity contribution in [3.63, 3.8) is 0 Å². The molecule has 2 N–H and O–H groups in total. The van der Waals surface area contributed by atoms with Gasteiger partial charge in [-0.2, -0.15) is 18.3 Å². The van der Waals surface area contributed by atoms with E-state index < -0.39 is 11.9 Å². The van der Waals surface area contributed by atoms with Crippen LogP contribution in [0, 0.1) is 3.70 Å². The zero-order valence-electron chi connectivity index (χ0n) is 5.98. The Kier molecular flexibility index (Phi) is 2.23. The molecule has 0 aliphatic carbocycles. The summed E-state index contributed by atoms with van der Waals surface area (Å²) >= 11 is 1.71. The summed E-state index contributed by atoms with van der Waals surface area (Å²) in [4.78, 5) is 0. The lowest BCUT2D eigenvalue weighted by atomic mass is 10.4. The smallest absolute Gasteiger partial charge is 0.395 e. The summed E-state index contributed by atoms with van der Waals surface area (Å²) < 4.78 is 37.6. The third kappa shape index (κ3) is 1.50. The minimum absolute atomic E-state index is 0.292. The molecule has 1 heterocycles. The first-order valence-electron chi connectivity index (χ1n) is 2.89. The van der Waals surface area contributed by atoms with Crippen molar-refractivity contribution in [2.75, 3.05) is 5.73 Å². The van der Waals surface area contributed by atoms with Gasteiger partial charge in [0.05, 0.1) is 5.69 Å². The molecule has 0 saturated carbocycles. The number of hydrogen-bond donors (Lipinski definition) is 1. The highest BCUT2D eigenvalue weighted by molar-refractivity contribution is 14.1. The summed E-state index contributed by atoms with van der Waals surface area (Å²) in [6.45, 7) is 0.